The quantitative estimate of drug-likeness (QED) is 0.652. The van der Waals surface area contributed by atoms with Crippen molar-refractivity contribution in [2.75, 3.05) is 47.1 Å². The predicted molar refractivity (Wildman–Crippen MR) is 127 cm³/mol. The minimum Gasteiger partial charge on any atom is -0.497 e. The number of carbonyl (C=O) groups is 1. The van der Waals surface area contributed by atoms with E-state index in [4.69, 9.17) is 24.0 Å². The molecule has 3 heterocycles. The second kappa shape index (κ2) is 9.74. The highest BCUT2D eigenvalue weighted by Gasteiger charge is 2.41. The molecule has 1 amide bonds. The van der Waals surface area contributed by atoms with Crippen LogP contribution in [0.25, 0.3) is 0 Å². The number of hydrogen-bond acceptors (Lipinski definition) is 7. The van der Waals surface area contributed by atoms with Crippen LogP contribution in [0.5, 0.6) is 11.5 Å². The summed E-state index contributed by atoms with van der Waals surface area (Å²) in [4.78, 5) is 15.7. The van der Waals surface area contributed by atoms with Gasteiger partial charge in [0.05, 0.1) is 45.7 Å². The van der Waals surface area contributed by atoms with Crippen molar-refractivity contribution in [3.63, 3.8) is 0 Å². The van der Waals surface area contributed by atoms with Crippen LogP contribution in [0.15, 0.2) is 53.6 Å². The first-order valence-electron chi connectivity index (χ1n) is 11.8. The molecule has 0 aliphatic carbocycles. The maximum Gasteiger partial charge on any atom is 0.257 e. The first kappa shape index (κ1) is 22.8. The number of carbonyl (C=O) groups excluding carboxylic acids is 1. The van der Waals surface area contributed by atoms with E-state index in [2.05, 4.69) is 4.90 Å². The van der Waals surface area contributed by atoms with Crippen LogP contribution in [0.1, 0.15) is 36.4 Å². The van der Waals surface area contributed by atoms with E-state index in [0.29, 0.717) is 37.7 Å². The molecule has 1 spiro atoms. The molecule has 0 radical (unpaired) electrons. The highest BCUT2D eigenvalue weighted by atomic mass is 16.7. The molecule has 180 valence electrons. The van der Waals surface area contributed by atoms with Crippen LogP contribution < -0.4 is 9.47 Å². The summed E-state index contributed by atoms with van der Waals surface area (Å²) in [6.45, 7) is 3.11. The molecule has 3 aliphatic rings. The molecular weight excluding hydrogens is 434 g/mol. The van der Waals surface area contributed by atoms with E-state index in [-0.39, 0.29) is 11.9 Å². The second-order valence-electron chi connectivity index (χ2n) is 8.86. The number of nitrogens with zero attached hydrogens (tertiary/aromatic N) is 3. The fraction of sp³-hybridized carbons (Fsp3) is 0.462. The summed E-state index contributed by atoms with van der Waals surface area (Å²) in [5, 5.41) is 6.45. The summed E-state index contributed by atoms with van der Waals surface area (Å²) in [6, 6.07) is 15.5. The average molecular weight is 466 g/mol. The summed E-state index contributed by atoms with van der Waals surface area (Å²) in [5.41, 5.74) is 2.82. The van der Waals surface area contributed by atoms with Gasteiger partial charge in [-0.2, -0.15) is 5.10 Å². The molecule has 3 aliphatic heterocycles. The summed E-state index contributed by atoms with van der Waals surface area (Å²) in [6.07, 6.45) is 2.16. The zero-order valence-electron chi connectivity index (χ0n) is 19.7. The Morgan fingerprint density at radius 2 is 1.79 bits per heavy atom. The molecule has 2 aromatic rings. The Labute approximate surface area is 200 Å². The molecule has 1 atom stereocenters. The zero-order chi connectivity index (χ0) is 23.5. The molecule has 2 saturated heterocycles. The first-order valence-corrected chi connectivity index (χ1v) is 11.8. The number of hydrogen-bond donors (Lipinski definition) is 0. The van der Waals surface area contributed by atoms with Crippen LogP contribution in [-0.2, 0) is 14.3 Å². The Kier molecular flexibility index (Phi) is 6.54. The van der Waals surface area contributed by atoms with Gasteiger partial charge in [-0.1, -0.05) is 30.3 Å². The van der Waals surface area contributed by atoms with Crippen LogP contribution in [0.2, 0.25) is 0 Å². The smallest absolute Gasteiger partial charge is 0.257 e. The van der Waals surface area contributed by atoms with E-state index in [9.17, 15) is 4.79 Å². The molecular formula is C26H31N3O5. The van der Waals surface area contributed by atoms with Crippen molar-refractivity contribution in [3.05, 3.63) is 59.7 Å². The first-order chi connectivity index (χ1) is 16.6. The van der Waals surface area contributed by atoms with Crippen molar-refractivity contribution >= 4 is 11.6 Å². The molecule has 2 aromatic carbocycles. The van der Waals surface area contributed by atoms with Gasteiger partial charge >= 0.3 is 0 Å². The van der Waals surface area contributed by atoms with Gasteiger partial charge in [0.15, 0.2) is 5.79 Å². The highest BCUT2D eigenvalue weighted by Crippen LogP contribution is 2.39. The maximum atomic E-state index is 13.6. The number of methoxy groups -OCH3 is 2. The van der Waals surface area contributed by atoms with E-state index in [1.54, 1.807) is 19.2 Å². The number of likely N-dealkylation sites (tertiary alicyclic amines) is 1. The molecule has 8 heteroatoms. The summed E-state index contributed by atoms with van der Waals surface area (Å²) < 4.78 is 22.7. The summed E-state index contributed by atoms with van der Waals surface area (Å²) in [5.74, 6) is 0.907. The Balaban J connectivity index is 1.37. The van der Waals surface area contributed by atoms with Gasteiger partial charge in [0.1, 0.15) is 11.5 Å². The number of rotatable bonds is 6. The molecule has 0 saturated carbocycles. The average Bonchev–Trinajstić information content (AvgIpc) is 3.53. The van der Waals surface area contributed by atoms with E-state index in [0.717, 1.165) is 42.8 Å². The molecule has 8 nitrogen and oxygen atoms in total. The van der Waals surface area contributed by atoms with Crippen molar-refractivity contribution in [2.24, 2.45) is 5.10 Å². The van der Waals surface area contributed by atoms with Gasteiger partial charge in [-0.05, 0) is 17.7 Å². The van der Waals surface area contributed by atoms with Crippen molar-refractivity contribution in [3.8, 4) is 11.5 Å². The van der Waals surface area contributed by atoms with Gasteiger partial charge in [-0.25, -0.2) is 5.01 Å². The second-order valence-corrected chi connectivity index (χ2v) is 8.86. The molecule has 0 aromatic heterocycles. The molecule has 5 rings (SSSR count). The Bertz CT molecular complexity index is 1040. The van der Waals surface area contributed by atoms with Crippen LogP contribution in [0, 0.1) is 0 Å². The number of amides is 1. The summed E-state index contributed by atoms with van der Waals surface area (Å²) in [7, 11) is 3.26. The minimum absolute atomic E-state index is 0.0296. The van der Waals surface area contributed by atoms with Crippen LogP contribution in [0.4, 0.5) is 0 Å². The van der Waals surface area contributed by atoms with Crippen molar-refractivity contribution < 1.29 is 23.7 Å². The standard InChI is InChI=1S/C26H31N3O5/c1-31-20-8-9-21(24(16-20)32-2)23-17-22(19-6-4-3-5-7-19)27-29(23)25(30)18-28-12-10-26(11-13-28)33-14-15-34-26/h3-9,16,23H,10-15,17-18H2,1-2H3/t23-/m1/s1. The minimum atomic E-state index is -0.454. The van der Waals surface area contributed by atoms with Crippen molar-refractivity contribution in [1.82, 2.24) is 9.91 Å². The monoisotopic (exact) mass is 465 g/mol. The number of benzene rings is 2. The van der Waals surface area contributed by atoms with Crippen LogP contribution in [-0.4, -0.2) is 74.4 Å². The lowest BCUT2D eigenvalue weighted by molar-refractivity contribution is -0.186. The number of ether oxygens (including phenoxy) is 4. The third-order valence-corrected chi connectivity index (χ3v) is 6.86. The molecule has 2 fully saturated rings. The van der Waals surface area contributed by atoms with Gasteiger partial charge in [0.25, 0.3) is 5.91 Å². The third kappa shape index (κ3) is 4.53. The van der Waals surface area contributed by atoms with E-state index < -0.39 is 5.79 Å². The molecule has 0 bridgehead atoms. The Morgan fingerprint density at radius 1 is 1.06 bits per heavy atom. The lowest BCUT2D eigenvalue weighted by Crippen LogP contribution is -2.48. The van der Waals surface area contributed by atoms with Crippen LogP contribution in [0.3, 0.4) is 0 Å². The zero-order valence-corrected chi connectivity index (χ0v) is 19.7. The van der Waals surface area contributed by atoms with E-state index in [1.165, 1.54) is 0 Å². The number of hydrazone groups is 1. The van der Waals surface area contributed by atoms with Crippen molar-refractivity contribution in [2.45, 2.75) is 31.1 Å². The number of piperidine rings is 1. The van der Waals surface area contributed by atoms with Gasteiger partial charge in [-0.3, -0.25) is 9.69 Å². The molecule has 34 heavy (non-hydrogen) atoms. The van der Waals surface area contributed by atoms with Gasteiger partial charge < -0.3 is 18.9 Å². The Morgan fingerprint density at radius 3 is 2.47 bits per heavy atom. The predicted octanol–water partition coefficient (Wildman–Crippen LogP) is 3.22. The van der Waals surface area contributed by atoms with Gasteiger partial charge in [0, 0.05) is 44.0 Å². The highest BCUT2D eigenvalue weighted by molar-refractivity contribution is 6.03. The van der Waals surface area contributed by atoms with Gasteiger partial charge in [0.2, 0.25) is 0 Å². The Hall–Kier alpha value is -2.94. The summed E-state index contributed by atoms with van der Waals surface area (Å²) >= 11 is 0. The SMILES string of the molecule is COc1ccc([C@H]2CC(c3ccccc3)=NN2C(=O)CN2CCC3(CC2)OCCO3)c(OC)c1. The molecule has 0 unspecified atom stereocenters. The maximum absolute atomic E-state index is 13.6. The van der Waals surface area contributed by atoms with Gasteiger partial charge in [-0.15, -0.1) is 0 Å². The molecule has 0 N–H and O–H groups in total. The van der Waals surface area contributed by atoms with Crippen molar-refractivity contribution in [1.29, 1.82) is 0 Å². The van der Waals surface area contributed by atoms with E-state index in [1.807, 2.05) is 48.5 Å². The fourth-order valence-electron chi connectivity index (χ4n) is 4.98. The lowest BCUT2D eigenvalue weighted by Gasteiger charge is -2.37. The third-order valence-electron chi connectivity index (χ3n) is 6.86. The fourth-order valence-corrected chi connectivity index (χ4v) is 4.98. The normalized spacial score (nSPS) is 22.1. The largest absolute Gasteiger partial charge is 0.497 e. The lowest BCUT2D eigenvalue weighted by atomic mass is 9.97. The topological polar surface area (TPSA) is 72.8 Å². The van der Waals surface area contributed by atoms with E-state index >= 15 is 0 Å². The van der Waals surface area contributed by atoms with Crippen LogP contribution >= 0.6 is 0 Å².